The first-order valence-electron chi connectivity index (χ1n) is 6.35. The first kappa shape index (κ1) is 13.4. The molecule has 3 nitrogen and oxygen atoms in total. The summed E-state index contributed by atoms with van der Waals surface area (Å²) in [6.07, 6.45) is -0.291. The Hall–Kier alpha value is -1.06. The minimum Gasteiger partial charge on any atom is -0.496 e. The minimum absolute atomic E-state index is 0.0325. The highest BCUT2D eigenvalue weighted by molar-refractivity contribution is 5.48. The Morgan fingerprint density at radius 2 is 1.78 bits per heavy atom. The molecule has 1 heterocycles. The van der Waals surface area contributed by atoms with Gasteiger partial charge in [-0.1, -0.05) is 32.4 Å². The van der Waals surface area contributed by atoms with Crippen LogP contribution in [0, 0.1) is 6.92 Å². The molecule has 0 radical (unpaired) electrons. The van der Waals surface area contributed by atoms with Crippen LogP contribution >= 0.6 is 0 Å². The maximum Gasteiger partial charge on any atom is 0.187 e. The molecule has 1 aromatic rings. The van der Waals surface area contributed by atoms with Crippen molar-refractivity contribution in [1.82, 2.24) is 0 Å². The number of benzene rings is 1. The smallest absolute Gasteiger partial charge is 0.187 e. The van der Waals surface area contributed by atoms with Crippen LogP contribution < -0.4 is 4.74 Å². The third-order valence-corrected chi connectivity index (χ3v) is 3.15. The van der Waals surface area contributed by atoms with E-state index in [1.165, 1.54) is 11.1 Å². The zero-order valence-electron chi connectivity index (χ0n) is 11.9. The summed E-state index contributed by atoms with van der Waals surface area (Å²) in [6, 6.07) is 4.27. The summed E-state index contributed by atoms with van der Waals surface area (Å²) in [7, 11) is 1.71. The standard InChI is InChI=1S/C15H22O3/c1-10-8-11(14-17-6-7-18-14)13(16-5)12(9-10)15(2,3)4/h8-9,14H,6-7H2,1-5H3. The molecule has 0 bridgehead atoms. The summed E-state index contributed by atoms with van der Waals surface area (Å²) >= 11 is 0. The number of hydrogen-bond donors (Lipinski definition) is 0. The van der Waals surface area contributed by atoms with Crippen molar-refractivity contribution < 1.29 is 14.2 Å². The summed E-state index contributed by atoms with van der Waals surface area (Å²) in [5.74, 6) is 0.889. The van der Waals surface area contributed by atoms with Gasteiger partial charge < -0.3 is 14.2 Å². The predicted molar refractivity (Wildman–Crippen MR) is 71.1 cm³/mol. The van der Waals surface area contributed by atoms with Crippen LogP contribution in [0.1, 0.15) is 43.8 Å². The highest BCUT2D eigenvalue weighted by Gasteiger charge is 2.28. The SMILES string of the molecule is COc1c(C2OCCO2)cc(C)cc1C(C)(C)C. The molecule has 18 heavy (non-hydrogen) atoms. The molecule has 1 aliphatic rings. The summed E-state index contributed by atoms with van der Waals surface area (Å²) in [5.41, 5.74) is 3.43. The molecular formula is C15H22O3. The van der Waals surface area contributed by atoms with E-state index in [9.17, 15) is 0 Å². The molecule has 0 amide bonds. The van der Waals surface area contributed by atoms with Gasteiger partial charge in [0, 0.05) is 5.56 Å². The van der Waals surface area contributed by atoms with Crippen LogP contribution in [0.4, 0.5) is 0 Å². The fourth-order valence-electron chi connectivity index (χ4n) is 2.30. The third-order valence-electron chi connectivity index (χ3n) is 3.15. The third kappa shape index (κ3) is 2.52. The van der Waals surface area contributed by atoms with Crippen LogP contribution in [0.2, 0.25) is 0 Å². The minimum atomic E-state index is -0.291. The van der Waals surface area contributed by atoms with E-state index in [1.54, 1.807) is 7.11 Å². The highest BCUT2D eigenvalue weighted by Crippen LogP contribution is 2.40. The van der Waals surface area contributed by atoms with Crippen molar-refractivity contribution in [3.05, 3.63) is 28.8 Å². The Kier molecular flexibility index (Phi) is 3.64. The van der Waals surface area contributed by atoms with Gasteiger partial charge in [0.1, 0.15) is 5.75 Å². The second kappa shape index (κ2) is 4.90. The van der Waals surface area contributed by atoms with Crippen molar-refractivity contribution in [2.45, 2.75) is 39.4 Å². The quantitative estimate of drug-likeness (QED) is 0.805. The molecule has 0 N–H and O–H groups in total. The molecule has 0 aromatic heterocycles. The maximum absolute atomic E-state index is 5.61. The molecule has 2 rings (SSSR count). The Bertz CT molecular complexity index is 426. The van der Waals surface area contributed by atoms with Gasteiger partial charge in [-0.05, 0) is 18.4 Å². The summed E-state index contributed by atoms with van der Waals surface area (Å²) in [5, 5.41) is 0. The van der Waals surface area contributed by atoms with Gasteiger partial charge in [-0.2, -0.15) is 0 Å². The molecule has 100 valence electrons. The summed E-state index contributed by atoms with van der Waals surface area (Å²) < 4.78 is 16.8. The predicted octanol–water partition coefficient (Wildman–Crippen LogP) is 3.35. The molecule has 1 saturated heterocycles. The van der Waals surface area contributed by atoms with Gasteiger partial charge >= 0.3 is 0 Å². The number of hydrogen-bond acceptors (Lipinski definition) is 3. The second-order valence-corrected chi connectivity index (χ2v) is 5.76. The van der Waals surface area contributed by atoms with Crippen molar-refractivity contribution in [2.24, 2.45) is 0 Å². The normalized spacial score (nSPS) is 17.2. The van der Waals surface area contributed by atoms with E-state index in [0.717, 1.165) is 11.3 Å². The van der Waals surface area contributed by atoms with Crippen LogP contribution in [0.25, 0.3) is 0 Å². The number of methoxy groups -OCH3 is 1. The van der Waals surface area contributed by atoms with E-state index in [4.69, 9.17) is 14.2 Å². The molecule has 0 aliphatic carbocycles. The topological polar surface area (TPSA) is 27.7 Å². The van der Waals surface area contributed by atoms with E-state index >= 15 is 0 Å². The zero-order valence-corrected chi connectivity index (χ0v) is 11.9. The largest absolute Gasteiger partial charge is 0.496 e. The lowest BCUT2D eigenvalue weighted by atomic mass is 9.84. The molecule has 0 spiro atoms. The fourth-order valence-corrected chi connectivity index (χ4v) is 2.30. The van der Waals surface area contributed by atoms with Gasteiger partial charge in [-0.15, -0.1) is 0 Å². The van der Waals surface area contributed by atoms with E-state index in [-0.39, 0.29) is 11.7 Å². The maximum atomic E-state index is 5.61. The van der Waals surface area contributed by atoms with Gasteiger partial charge in [0.15, 0.2) is 6.29 Å². The molecule has 3 heteroatoms. The van der Waals surface area contributed by atoms with Gasteiger partial charge in [0.25, 0.3) is 0 Å². The molecule has 0 unspecified atom stereocenters. The summed E-state index contributed by atoms with van der Waals surface area (Å²) in [6.45, 7) is 9.94. The lowest BCUT2D eigenvalue weighted by molar-refractivity contribution is -0.0456. The number of aryl methyl sites for hydroxylation is 1. The van der Waals surface area contributed by atoms with Crippen LogP contribution in [-0.4, -0.2) is 20.3 Å². The van der Waals surface area contributed by atoms with Crippen LogP contribution in [-0.2, 0) is 14.9 Å². The first-order chi connectivity index (χ1) is 8.43. The van der Waals surface area contributed by atoms with Gasteiger partial charge in [0.2, 0.25) is 0 Å². The fraction of sp³-hybridized carbons (Fsp3) is 0.600. The average molecular weight is 250 g/mol. The molecular weight excluding hydrogens is 228 g/mol. The molecule has 0 saturated carbocycles. The van der Waals surface area contributed by atoms with Crippen LogP contribution in [0.15, 0.2) is 12.1 Å². The zero-order chi connectivity index (χ0) is 13.3. The van der Waals surface area contributed by atoms with Crippen molar-refractivity contribution in [1.29, 1.82) is 0 Å². The van der Waals surface area contributed by atoms with Crippen molar-refractivity contribution in [3.63, 3.8) is 0 Å². The highest BCUT2D eigenvalue weighted by atomic mass is 16.7. The number of ether oxygens (including phenoxy) is 3. The molecule has 1 aromatic carbocycles. The lowest BCUT2D eigenvalue weighted by Crippen LogP contribution is -2.15. The van der Waals surface area contributed by atoms with Crippen LogP contribution in [0.5, 0.6) is 5.75 Å². The average Bonchev–Trinajstić information content (AvgIpc) is 2.80. The van der Waals surface area contributed by atoms with Crippen LogP contribution in [0.3, 0.4) is 0 Å². The van der Waals surface area contributed by atoms with E-state index in [2.05, 4.69) is 39.8 Å². The Morgan fingerprint density at radius 1 is 1.17 bits per heavy atom. The van der Waals surface area contributed by atoms with Gasteiger partial charge in [-0.3, -0.25) is 0 Å². The van der Waals surface area contributed by atoms with E-state index < -0.39 is 0 Å². The monoisotopic (exact) mass is 250 g/mol. The molecule has 1 aliphatic heterocycles. The van der Waals surface area contributed by atoms with Gasteiger partial charge in [-0.25, -0.2) is 0 Å². The molecule has 0 atom stereocenters. The second-order valence-electron chi connectivity index (χ2n) is 5.76. The van der Waals surface area contributed by atoms with E-state index in [0.29, 0.717) is 13.2 Å². The Morgan fingerprint density at radius 3 is 2.28 bits per heavy atom. The van der Waals surface area contributed by atoms with E-state index in [1.807, 2.05) is 0 Å². The first-order valence-corrected chi connectivity index (χ1v) is 6.35. The van der Waals surface area contributed by atoms with Crippen molar-refractivity contribution >= 4 is 0 Å². The van der Waals surface area contributed by atoms with Crippen molar-refractivity contribution in [3.8, 4) is 5.75 Å². The Balaban J connectivity index is 2.54. The lowest BCUT2D eigenvalue weighted by Gasteiger charge is -2.26. The van der Waals surface area contributed by atoms with Crippen molar-refractivity contribution in [2.75, 3.05) is 20.3 Å². The van der Waals surface area contributed by atoms with Gasteiger partial charge in [0.05, 0.1) is 25.9 Å². The molecule has 1 fully saturated rings. The number of rotatable bonds is 2. The summed E-state index contributed by atoms with van der Waals surface area (Å²) in [4.78, 5) is 0. The Labute approximate surface area is 109 Å².